The summed E-state index contributed by atoms with van der Waals surface area (Å²) in [6.07, 6.45) is 0.933. The third-order valence-corrected chi connectivity index (χ3v) is 3.25. The fourth-order valence-corrected chi connectivity index (χ4v) is 2.40. The van der Waals surface area contributed by atoms with Gasteiger partial charge in [-0.25, -0.2) is 4.79 Å². The van der Waals surface area contributed by atoms with E-state index in [9.17, 15) is 4.79 Å². The van der Waals surface area contributed by atoms with Crippen molar-refractivity contribution in [1.82, 2.24) is 4.90 Å². The van der Waals surface area contributed by atoms with Gasteiger partial charge in [0, 0.05) is 19.1 Å². The van der Waals surface area contributed by atoms with Crippen LogP contribution in [0, 0.1) is 0 Å². The molecule has 0 saturated carbocycles. The van der Waals surface area contributed by atoms with E-state index in [4.69, 9.17) is 10.5 Å². The molecule has 4 nitrogen and oxygen atoms in total. The molecule has 2 rings (SSSR count). The zero-order chi connectivity index (χ0) is 13.0. The Morgan fingerprint density at radius 2 is 2.22 bits per heavy atom. The smallest absolute Gasteiger partial charge is 0.328 e. The largest absolute Gasteiger partial charge is 0.465 e. The molecule has 0 spiro atoms. The van der Waals surface area contributed by atoms with Crippen molar-refractivity contribution < 1.29 is 9.53 Å². The molecule has 1 unspecified atom stereocenters. The predicted octanol–water partition coefficient (Wildman–Crippen LogP) is 1.32. The molecule has 2 N–H and O–H groups in total. The molecule has 0 aromatic heterocycles. The van der Waals surface area contributed by atoms with Gasteiger partial charge in [0.15, 0.2) is 0 Å². The van der Waals surface area contributed by atoms with E-state index in [1.807, 2.05) is 37.3 Å². The molecule has 1 fully saturated rings. The van der Waals surface area contributed by atoms with Crippen molar-refractivity contribution in [1.29, 1.82) is 0 Å². The molecule has 1 saturated heterocycles. The van der Waals surface area contributed by atoms with Gasteiger partial charge in [0.05, 0.1) is 6.61 Å². The van der Waals surface area contributed by atoms with Crippen LogP contribution in [0.2, 0.25) is 0 Å². The standard InChI is InChI=1S/C14H20N2O2/c1-2-18-14(17)13(11-6-4-3-5-7-11)16-9-8-12(15)10-16/h3-7,12-13H,2,8-10,15H2,1H3/t12-,13?/m1/s1. The molecule has 1 aromatic carbocycles. The highest BCUT2D eigenvalue weighted by atomic mass is 16.5. The van der Waals surface area contributed by atoms with Crippen LogP contribution in [0.25, 0.3) is 0 Å². The summed E-state index contributed by atoms with van der Waals surface area (Å²) in [5, 5.41) is 0. The van der Waals surface area contributed by atoms with E-state index >= 15 is 0 Å². The quantitative estimate of drug-likeness (QED) is 0.817. The van der Waals surface area contributed by atoms with E-state index < -0.39 is 0 Å². The molecular formula is C14H20N2O2. The second kappa shape index (κ2) is 5.98. The van der Waals surface area contributed by atoms with Crippen molar-refractivity contribution in [2.75, 3.05) is 19.7 Å². The van der Waals surface area contributed by atoms with Crippen molar-refractivity contribution in [3.63, 3.8) is 0 Å². The average Bonchev–Trinajstić information content (AvgIpc) is 2.78. The van der Waals surface area contributed by atoms with Gasteiger partial charge in [-0.2, -0.15) is 0 Å². The van der Waals surface area contributed by atoms with E-state index in [1.165, 1.54) is 0 Å². The topological polar surface area (TPSA) is 55.6 Å². The summed E-state index contributed by atoms with van der Waals surface area (Å²) in [5.74, 6) is -0.183. The van der Waals surface area contributed by atoms with Crippen LogP contribution in [-0.4, -0.2) is 36.6 Å². The van der Waals surface area contributed by atoms with Crippen LogP contribution in [0.3, 0.4) is 0 Å². The van der Waals surface area contributed by atoms with E-state index in [0.717, 1.165) is 25.1 Å². The molecule has 1 aliphatic heterocycles. The fraction of sp³-hybridized carbons (Fsp3) is 0.500. The summed E-state index contributed by atoms with van der Waals surface area (Å²) in [6.45, 7) is 3.83. The van der Waals surface area contributed by atoms with Gasteiger partial charge in [-0.15, -0.1) is 0 Å². The van der Waals surface area contributed by atoms with Crippen LogP contribution in [-0.2, 0) is 9.53 Å². The lowest BCUT2D eigenvalue weighted by Gasteiger charge is -2.26. The third kappa shape index (κ3) is 2.89. The first-order valence-corrected chi connectivity index (χ1v) is 6.43. The second-order valence-corrected chi connectivity index (χ2v) is 4.61. The molecular weight excluding hydrogens is 228 g/mol. The van der Waals surface area contributed by atoms with E-state index in [1.54, 1.807) is 0 Å². The van der Waals surface area contributed by atoms with E-state index in [-0.39, 0.29) is 18.1 Å². The van der Waals surface area contributed by atoms with Gasteiger partial charge in [0.1, 0.15) is 6.04 Å². The van der Waals surface area contributed by atoms with Crippen molar-refractivity contribution in [3.8, 4) is 0 Å². The number of hydrogen-bond donors (Lipinski definition) is 1. The number of ether oxygens (including phenoxy) is 1. The lowest BCUT2D eigenvalue weighted by atomic mass is 10.1. The minimum atomic E-state index is -0.320. The van der Waals surface area contributed by atoms with Crippen LogP contribution >= 0.6 is 0 Å². The van der Waals surface area contributed by atoms with E-state index in [2.05, 4.69) is 4.90 Å². The fourth-order valence-electron chi connectivity index (χ4n) is 2.40. The van der Waals surface area contributed by atoms with Crippen LogP contribution in [0.4, 0.5) is 0 Å². The Bertz CT molecular complexity index is 394. The van der Waals surface area contributed by atoms with Gasteiger partial charge >= 0.3 is 5.97 Å². The first kappa shape index (κ1) is 13.1. The highest BCUT2D eigenvalue weighted by Gasteiger charge is 2.33. The summed E-state index contributed by atoms with van der Waals surface area (Å²) in [6, 6.07) is 9.60. The molecule has 0 aliphatic carbocycles. The van der Waals surface area contributed by atoms with E-state index in [0.29, 0.717) is 6.61 Å². The number of rotatable bonds is 4. The molecule has 1 aliphatic rings. The normalized spacial score (nSPS) is 21.8. The highest BCUT2D eigenvalue weighted by molar-refractivity contribution is 5.77. The number of nitrogens with zero attached hydrogens (tertiary/aromatic N) is 1. The Morgan fingerprint density at radius 1 is 1.50 bits per heavy atom. The molecule has 1 aromatic rings. The summed E-state index contributed by atoms with van der Waals surface area (Å²) >= 11 is 0. The van der Waals surface area contributed by atoms with Crippen LogP contribution in [0.15, 0.2) is 30.3 Å². The summed E-state index contributed by atoms with van der Waals surface area (Å²) < 4.78 is 5.18. The van der Waals surface area contributed by atoms with Crippen molar-refractivity contribution in [2.45, 2.75) is 25.4 Å². The monoisotopic (exact) mass is 248 g/mol. The van der Waals surface area contributed by atoms with Gasteiger partial charge in [0.2, 0.25) is 0 Å². The van der Waals surface area contributed by atoms with Crippen molar-refractivity contribution in [3.05, 3.63) is 35.9 Å². The summed E-state index contributed by atoms with van der Waals surface area (Å²) in [5.41, 5.74) is 6.90. The van der Waals surface area contributed by atoms with Gasteiger partial charge in [-0.05, 0) is 18.9 Å². The molecule has 0 amide bonds. The predicted molar refractivity (Wildman–Crippen MR) is 70.0 cm³/mol. The molecule has 18 heavy (non-hydrogen) atoms. The van der Waals surface area contributed by atoms with Crippen molar-refractivity contribution in [2.24, 2.45) is 5.73 Å². The van der Waals surface area contributed by atoms with Crippen LogP contribution < -0.4 is 5.73 Å². The molecule has 4 heteroatoms. The lowest BCUT2D eigenvalue weighted by Crippen LogP contribution is -2.35. The Balaban J connectivity index is 2.20. The first-order chi connectivity index (χ1) is 8.72. The molecule has 0 bridgehead atoms. The van der Waals surface area contributed by atoms with Gasteiger partial charge in [-0.3, -0.25) is 4.90 Å². The molecule has 2 atom stereocenters. The zero-order valence-electron chi connectivity index (χ0n) is 10.7. The number of likely N-dealkylation sites (tertiary alicyclic amines) is 1. The Morgan fingerprint density at radius 3 is 2.78 bits per heavy atom. The maximum atomic E-state index is 12.1. The van der Waals surface area contributed by atoms with Gasteiger partial charge in [-0.1, -0.05) is 30.3 Å². The maximum Gasteiger partial charge on any atom is 0.328 e. The average molecular weight is 248 g/mol. The highest BCUT2D eigenvalue weighted by Crippen LogP contribution is 2.25. The van der Waals surface area contributed by atoms with Gasteiger partial charge in [0.25, 0.3) is 0 Å². The number of esters is 1. The molecule has 98 valence electrons. The zero-order valence-corrected chi connectivity index (χ0v) is 10.7. The third-order valence-electron chi connectivity index (χ3n) is 3.25. The SMILES string of the molecule is CCOC(=O)C(c1ccccc1)N1CC[C@@H](N)C1. The molecule has 1 heterocycles. The Hall–Kier alpha value is -1.39. The van der Waals surface area contributed by atoms with Crippen LogP contribution in [0.1, 0.15) is 24.9 Å². The van der Waals surface area contributed by atoms with Gasteiger partial charge < -0.3 is 10.5 Å². The maximum absolute atomic E-state index is 12.1. The number of hydrogen-bond acceptors (Lipinski definition) is 4. The second-order valence-electron chi connectivity index (χ2n) is 4.61. The molecule has 0 radical (unpaired) electrons. The van der Waals surface area contributed by atoms with Crippen LogP contribution in [0.5, 0.6) is 0 Å². The summed E-state index contributed by atoms with van der Waals surface area (Å²) in [7, 11) is 0. The summed E-state index contributed by atoms with van der Waals surface area (Å²) in [4.78, 5) is 14.2. The number of carbonyl (C=O) groups is 1. The number of benzene rings is 1. The minimum Gasteiger partial charge on any atom is -0.465 e. The Labute approximate surface area is 108 Å². The lowest BCUT2D eigenvalue weighted by molar-refractivity contribution is -0.149. The Kier molecular flexibility index (Phi) is 4.33. The first-order valence-electron chi connectivity index (χ1n) is 6.43. The number of nitrogens with two attached hydrogens (primary N) is 1. The minimum absolute atomic E-state index is 0.158. The number of carbonyl (C=O) groups excluding carboxylic acids is 1. The van der Waals surface area contributed by atoms with Crippen molar-refractivity contribution >= 4 is 5.97 Å².